The number of nitro benzene ring substituents is 1. The Morgan fingerprint density at radius 2 is 1.59 bits per heavy atom. The first kappa shape index (κ1) is 23.1. The van der Waals surface area contributed by atoms with Gasteiger partial charge in [-0.3, -0.25) is 19.7 Å². The Hall–Kier alpha value is -4.32. The summed E-state index contributed by atoms with van der Waals surface area (Å²) in [6.45, 7) is 6.19. The number of carbonyl (C=O) groups is 2. The minimum absolute atomic E-state index is 0.0184. The van der Waals surface area contributed by atoms with Gasteiger partial charge in [-0.1, -0.05) is 67.9 Å². The highest BCUT2D eigenvalue weighted by Gasteiger charge is 2.49. The van der Waals surface area contributed by atoms with Gasteiger partial charge < -0.3 is 4.90 Å². The second kappa shape index (κ2) is 8.10. The van der Waals surface area contributed by atoms with Crippen molar-refractivity contribution >= 4 is 28.6 Å². The van der Waals surface area contributed by atoms with Crippen molar-refractivity contribution < 1.29 is 14.5 Å². The maximum Gasteiger partial charge on any atom is 0.269 e. The predicted molar refractivity (Wildman–Crippen MR) is 142 cm³/mol. The molecular formula is C31H26N2O4. The van der Waals surface area contributed by atoms with Crippen molar-refractivity contribution in [3.8, 4) is 0 Å². The molecule has 37 heavy (non-hydrogen) atoms. The molecule has 0 radical (unpaired) electrons. The summed E-state index contributed by atoms with van der Waals surface area (Å²) in [7, 11) is 0. The molecule has 0 spiro atoms. The van der Waals surface area contributed by atoms with E-state index >= 15 is 0 Å². The molecule has 1 atom stereocenters. The lowest BCUT2D eigenvalue weighted by atomic mass is 9.68. The molecule has 6 rings (SSSR count). The van der Waals surface area contributed by atoms with Crippen molar-refractivity contribution in [2.45, 2.75) is 39.5 Å². The molecule has 6 heteroatoms. The summed E-state index contributed by atoms with van der Waals surface area (Å²) in [5, 5.41) is 11.6. The molecule has 184 valence electrons. The standard InChI is InChI=1S/C31H26N2O4/c1-18-11-13-20(14-12-18)32-24-16-31(2,3)17-25(34)27(24)26(19-7-6-8-21(15-19)33(36)37)28-29(32)22-9-4-5-10-23(22)30(28)35/h4-15,26H,16-17H2,1-3H3. The molecule has 1 aliphatic heterocycles. The number of carbonyl (C=O) groups excluding carboxylic acids is 2. The van der Waals surface area contributed by atoms with Crippen LogP contribution in [-0.4, -0.2) is 16.5 Å². The summed E-state index contributed by atoms with van der Waals surface area (Å²) in [6.07, 6.45) is 0.989. The van der Waals surface area contributed by atoms with Gasteiger partial charge in [-0.2, -0.15) is 0 Å². The number of Topliss-reactive ketones (excluding diaryl/α,β-unsaturated/α-hetero) is 2. The molecule has 0 aromatic heterocycles. The van der Waals surface area contributed by atoms with Crippen molar-refractivity contribution in [1.29, 1.82) is 0 Å². The zero-order valence-corrected chi connectivity index (χ0v) is 20.9. The van der Waals surface area contributed by atoms with Gasteiger partial charge in [-0.25, -0.2) is 0 Å². The summed E-state index contributed by atoms with van der Waals surface area (Å²) in [5.41, 5.74) is 6.38. The van der Waals surface area contributed by atoms with E-state index in [1.54, 1.807) is 12.1 Å². The van der Waals surface area contributed by atoms with Gasteiger partial charge in [0.15, 0.2) is 11.6 Å². The summed E-state index contributed by atoms with van der Waals surface area (Å²) in [4.78, 5) is 41.2. The first-order chi connectivity index (χ1) is 17.7. The Morgan fingerprint density at radius 3 is 2.30 bits per heavy atom. The maximum absolute atomic E-state index is 14.0. The Kier molecular flexibility index (Phi) is 5.06. The molecule has 2 aliphatic carbocycles. The lowest BCUT2D eigenvalue weighted by molar-refractivity contribution is -0.384. The van der Waals surface area contributed by atoms with Crippen LogP contribution in [0.5, 0.6) is 0 Å². The molecule has 3 aromatic rings. The van der Waals surface area contributed by atoms with E-state index in [2.05, 4.69) is 18.7 Å². The predicted octanol–water partition coefficient (Wildman–Crippen LogP) is 6.76. The molecule has 0 saturated heterocycles. The number of hydrogen-bond acceptors (Lipinski definition) is 5. The van der Waals surface area contributed by atoms with Gasteiger partial charge in [0, 0.05) is 58.1 Å². The van der Waals surface area contributed by atoms with Crippen LogP contribution in [-0.2, 0) is 4.79 Å². The van der Waals surface area contributed by atoms with Crippen molar-refractivity contribution in [1.82, 2.24) is 0 Å². The minimum Gasteiger partial charge on any atom is -0.313 e. The lowest BCUT2D eigenvalue weighted by Gasteiger charge is -2.44. The summed E-state index contributed by atoms with van der Waals surface area (Å²) < 4.78 is 0. The van der Waals surface area contributed by atoms with Crippen LogP contribution < -0.4 is 4.90 Å². The minimum atomic E-state index is -0.671. The van der Waals surface area contributed by atoms with E-state index in [1.165, 1.54) is 12.1 Å². The normalized spacial score (nSPS) is 20.1. The van der Waals surface area contributed by atoms with E-state index < -0.39 is 10.8 Å². The van der Waals surface area contributed by atoms with Crippen LogP contribution in [0.1, 0.15) is 59.7 Å². The summed E-state index contributed by atoms with van der Waals surface area (Å²) in [6, 6.07) is 22.0. The highest BCUT2D eigenvalue weighted by Crippen LogP contribution is 2.56. The smallest absolute Gasteiger partial charge is 0.269 e. The van der Waals surface area contributed by atoms with Gasteiger partial charge in [-0.15, -0.1) is 0 Å². The van der Waals surface area contributed by atoms with Gasteiger partial charge in [-0.05, 0) is 36.5 Å². The number of hydrogen-bond donors (Lipinski definition) is 0. The van der Waals surface area contributed by atoms with E-state index in [-0.39, 0.29) is 22.7 Å². The monoisotopic (exact) mass is 490 g/mol. The summed E-state index contributed by atoms with van der Waals surface area (Å²) >= 11 is 0. The van der Waals surface area contributed by atoms with Crippen molar-refractivity contribution in [2.75, 3.05) is 4.90 Å². The molecular weight excluding hydrogens is 464 g/mol. The highest BCUT2D eigenvalue weighted by molar-refractivity contribution is 6.25. The van der Waals surface area contributed by atoms with Crippen LogP contribution in [0.25, 0.3) is 5.70 Å². The Labute approximate surface area is 215 Å². The molecule has 6 nitrogen and oxygen atoms in total. The molecule has 3 aromatic carbocycles. The largest absolute Gasteiger partial charge is 0.313 e. The van der Waals surface area contributed by atoms with Gasteiger partial charge in [0.25, 0.3) is 5.69 Å². The first-order valence-corrected chi connectivity index (χ1v) is 12.4. The van der Waals surface area contributed by atoms with Crippen molar-refractivity contribution in [3.63, 3.8) is 0 Å². The molecule has 3 aliphatic rings. The Balaban J connectivity index is 1.70. The number of nitrogens with zero attached hydrogens (tertiary/aromatic N) is 2. The van der Waals surface area contributed by atoms with E-state index in [4.69, 9.17) is 0 Å². The maximum atomic E-state index is 14.0. The molecule has 0 saturated carbocycles. The third-order valence-electron chi connectivity index (χ3n) is 7.60. The van der Waals surface area contributed by atoms with Crippen LogP contribution in [0.2, 0.25) is 0 Å². The molecule has 0 bridgehead atoms. The molecule has 0 fully saturated rings. The van der Waals surface area contributed by atoms with Gasteiger partial charge >= 0.3 is 0 Å². The van der Waals surface area contributed by atoms with Crippen LogP contribution in [0.3, 0.4) is 0 Å². The number of aryl methyl sites for hydroxylation is 1. The molecule has 0 N–H and O–H groups in total. The number of nitro groups is 1. The van der Waals surface area contributed by atoms with E-state index in [9.17, 15) is 19.7 Å². The number of rotatable bonds is 3. The average Bonchev–Trinajstić information content (AvgIpc) is 3.15. The lowest BCUT2D eigenvalue weighted by Crippen LogP contribution is -2.39. The second-order valence-electron chi connectivity index (χ2n) is 10.9. The summed E-state index contributed by atoms with van der Waals surface area (Å²) in [5.74, 6) is -0.825. The number of allylic oxidation sites excluding steroid dienone is 3. The number of ketones is 2. The van der Waals surface area contributed by atoms with Crippen LogP contribution in [0, 0.1) is 22.5 Å². The Morgan fingerprint density at radius 1 is 0.892 bits per heavy atom. The molecule has 1 unspecified atom stereocenters. The number of fused-ring (bicyclic) bond motifs is 2. The van der Waals surface area contributed by atoms with Crippen LogP contribution >= 0.6 is 0 Å². The van der Waals surface area contributed by atoms with Crippen molar-refractivity contribution in [2.24, 2.45) is 5.41 Å². The second-order valence-corrected chi connectivity index (χ2v) is 10.9. The van der Waals surface area contributed by atoms with Crippen molar-refractivity contribution in [3.05, 3.63) is 122 Å². The van der Waals surface area contributed by atoms with Crippen LogP contribution in [0.4, 0.5) is 11.4 Å². The van der Waals surface area contributed by atoms with E-state index in [0.717, 1.165) is 28.2 Å². The zero-order chi connectivity index (χ0) is 26.1. The van der Waals surface area contributed by atoms with Gasteiger partial charge in [0.1, 0.15) is 0 Å². The highest BCUT2D eigenvalue weighted by atomic mass is 16.6. The third kappa shape index (κ3) is 3.55. The molecule has 0 amide bonds. The first-order valence-electron chi connectivity index (χ1n) is 12.4. The number of anilines is 1. The quantitative estimate of drug-likeness (QED) is 0.299. The Bertz CT molecular complexity index is 1580. The SMILES string of the molecule is Cc1ccc(N2C3=C(C(=O)CC(C)(C)C3)C(c3cccc([N+](=O)[O-])c3)C3=C2c2ccccc2C3=O)cc1. The fourth-order valence-corrected chi connectivity index (χ4v) is 6.03. The number of benzene rings is 3. The fourth-order valence-electron chi connectivity index (χ4n) is 6.03. The van der Waals surface area contributed by atoms with Gasteiger partial charge in [0.05, 0.1) is 10.6 Å². The third-order valence-corrected chi connectivity index (χ3v) is 7.60. The molecule has 1 heterocycles. The van der Waals surface area contributed by atoms with Gasteiger partial charge in [0.2, 0.25) is 0 Å². The van der Waals surface area contributed by atoms with E-state index in [1.807, 2.05) is 55.5 Å². The van der Waals surface area contributed by atoms with Crippen LogP contribution in [0.15, 0.2) is 89.6 Å². The zero-order valence-electron chi connectivity index (χ0n) is 20.9. The number of non-ortho nitro benzene ring substituents is 1. The van der Waals surface area contributed by atoms with E-state index in [0.29, 0.717) is 35.1 Å². The average molecular weight is 491 g/mol. The topological polar surface area (TPSA) is 80.5 Å². The fraction of sp³-hybridized carbons (Fsp3) is 0.226.